The molecule has 0 aliphatic heterocycles. The van der Waals surface area contributed by atoms with Crippen LogP contribution in [0.1, 0.15) is 53.5 Å². The Labute approximate surface area is 223 Å². The van der Waals surface area contributed by atoms with Crippen LogP contribution in [-0.2, 0) is 29.0 Å². The third kappa shape index (κ3) is 7.07. The van der Waals surface area contributed by atoms with Gasteiger partial charge in [-0.25, -0.2) is 0 Å². The highest BCUT2D eigenvalue weighted by Crippen LogP contribution is 2.22. The summed E-state index contributed by atoms with van der Waals surface area (Å²) in [5, 5.41) is 3.27. The predicted molar refractivity (Wildman–Crippen MR) is 149 cm³/mol. The minimum atomic E-state index is -0.592. The molecule has 1 aliphatic carbocycles. The number of hydrogen-bond donors (Lipinski definition) is 1. The van der Waals surface area contributed by atoms with Crippen LogP contribution in [0.4, 0.5) is 0 Å². The van der Waals surface area contributed by atoms with Gasteiger partial charge in [0, 0.05) is 23.5 Å². The molecule has 0 unspecified atom stereocenters. The summed E-state index contributed by atoms with van der Waals surface area (Å²) in [4.78, 5) is 29.4. The van der Waals surface area contributed by atoms with Gasteiger partial charge >= 0.3 is 0 Å². The molecule has 1 aliphatic rings. The first-order valence-electron chi connectivity index (χ1n) is 12.8. The van der Waals surface area contributed by atoms with Gasteiger partial charge in [-0.1, -0.05) is 89.4 Å². The molecule has 4 rings (SSSR count). The van der Waals surface area contributed by atoms with E-state index in [-0.39, 0.29) is 24.3 Å². The molecule has 0 radical (unpaired) electrons. The van der Waals surface area contributed by atoms with E-state index in [9.17, 15) is 9.59 Å². The molecule has 0 bridgehead atoms. The van der Waals surface area contributed by atoms with Gasteiger partial charge in [-0.2, -0.15) is 0 Å². The predicted octanol–water partition coefficient (Wildman–Crippen LogP) is 6.31. The first-order valence-corrected chi connectivity index (χ1v) is 13.6. The molecule has 188 valence electrons. The molecule has 1 atom stereocenters. The van der Waals surface area contributed by atoms with Crippen molar-refractivity contribution in [1.82, 2.24) is 10.2 Å². The Bertz CT molecular complexity index is 1190. The van der Waals surface area contributed by atoms with Gasteiger partial charge in [-0.05, 0) is 66.6 Å². The maximum Gasteiger partial charge on any atom is 0.243 e. The molecule has 0 spiro atoms. The number of halogens is 1. The second-order valence-electron chi connectivity index (χ2n) is 9.94. The molecule has 0 saturated heterocycles. The summed E-state index contributed by atoms with van der Waals surface area (Å²) in [6, 6.07) is 23.7. The summed E-state index contributed by atoms with van der Waals surface area (Å²) in [6.07, 6.45) is 5.03. The number of rotatable bonds is 9. The highest BCUT2D eigenvalue weighted by molar-refractivity contribution is 9.10. The van der Waals surface area contributed by atoms with Gasteiger partial charge in [-0.15, -0.1) is 0 Å². The van der Waals surface area contributed by atoms with Crippen LogP contribution >= 0.6 is 15.9 Å². The maximum absolute atomic E-state index is 13.9. The summed E-state index contributed by atoms with van der Waals surface area (Å²) >= 11 is 3.55. The minimum Gasteiger partial charge on any atom is -0.352 e. The van der Waals surface area contributed by atoms with Crippen molar-refractivity contribution in [2.24, 2.45) is 0 Å². The van der Waals surface area contributed by atoms with Crippen LogP contribution in [0.2, 0.25) is 0 Å². The SMILES string of the molecule is Cc1ccc(CC(=O)N(Cc2cccc(Br)c2)[C@@H](Cc2ccccc2)C(=O)NC2CCCC2)cc1C. The number of nitrogens with one attached hydrogen (secondary N) is 1. The average Bonchev–Trinajstić information content (AvgIpc) is 3.37. The molecule has 2 amide bonds. The van der Waals surface area contributed by atoms with E-state index in [0.29, 0.717) is 13.0 Å². The van der Waals surface area contributed by atoms with E-state index in [1.165, 1.54) is 11.1 Å². The van der Waals surface area contributed by atoms with E-state index >= 15 is 0 Å². The largest absolute Gasteiger partial charge is 0.352 e. The van der Waals surface area contributed by atoms with E-state index in [2.05, 4.69) is 47.2 Å². The molecule has 1 N–H and O–H groups in total. The van der Waals surface area contributed by atoms with Crippen molar-refractivity contribution in [1.29, 1.82) is 0 Å². The summed E-state index contributed by atoms with van der Waals surface area (Å²) in [7, 11) is 0. The molecule has 0 aromatic heterocycles. The average molecular weight is 548 g/mol. The van der Waals surface area contributed by atoms with Crippen molar-refractivity contribution in [3.05, 3.63) is 105 Å². The Balaban J connectivity index is 1.66. The van der Waals surface area contributed by atoms with Gasteiger partial charge in [0.05, 0.1) is 6.42 Å². The lowest BCUT2D eigenvalue weighted by molar-refractivity contribution is -0.141. The second kappa shape index (κ2) is 12.4. The highest BCUT2D eigenvalue weighted by Gasteiger charge is 2.32. The molecule has 1 saturated carbocycles. The zero-order valence-electron chi connectivity index (χ0n) is 21.2. The number of amides is 2. The van der Waals surface area contributed by atoms with Crippen molar-refractivity contribution in [3.63, 3.8) is 0 Å². The Morgan fingerprint density at radius 1 is 0.889 bits per heavy atom. The normalized spacial score (nSPS) is 14.4. The monoisotopic (exact) mass is 546 g/mol. The molecule has 36 heavy (non-hydrogen) atoms. The van der Waals surface area contributed by atoms with Crippen LogP contribution in [0.3, 0.4) is 0 Å². The fourth-order valence-corrected chi connectivity index (χ4v) is 5.39. The summed E-state index contributed by atoms with van der Waals surface area (Å²) < 4.78 is 0.955. The number of carbonyl (C=O) groups is 2. The van der Waals surface area contributed by atoms with E-state index in [1.807, 2.05) is 60.7 Å². The summed E-state index contributed by atoms with van der Waals surface area (Å²) in [5.74, 6) is -0.102. The van der Waals surface area contributed by atoms with Crippen LogP contribution in [0, 0.1) is 13.8 Å². The zero-order chi connectivity index (χ0) is 25.5. The van der Waals surface area contributed by atoms with E-state index in [4.69, 9.17) is 0 Å². The van der Waals surface area contributed by atoms with Crippen molar-refractivity contribution in [3.8, 4) is 0 Å². The summed E-state index contributed by atoms with van der Waals surface area (Å²) in [6.45, 7) is 4.51. The first-order chi connectivity index (χ1) is 17.4. The number of hydrogen-bond acceptors (Lipinski definition) is 2. The van der Waals surface area contributed by atoms with E-state index in [1.54, 1.807) is 4.90 Å². The molecule has 3 aromatic rings. The third-order valence-electron chi connectivity index (χ3n) is 7.14. The quantitative estimate of drug-likeness (QED) is 0.342. The van der Waals surface area contributed by atoms with E-state index in [0.717, 1.165) is 46.8 Å². The van der Waals surface area contributed by atoms with Gasteiger partial charge < -0.3 is 10.2 Å². The minimum absolute atomic E-state index is 0.0410. The molecule has 0 heterocycles. The number of benzene rings is 3. The standard InChI is InChI=1S/C31H35BrN2O2/c1-22-15-16-25(17-23(22)2)20-30(35)34(21-26-11-8-12-27(32)18-26)29(19-24-9-4-3-5-10-24)31(36)33-28-13-6-7-14-28/h3-5,8-12,15-18,28-29H,6-7,13-14,19-21H2,1-2H3,(H,33,36)/t29-/m0/s1. The first kappa shape index (κ1) is 26.2. The maximum atomic E-state index is 13.9. The highest BCUT2D eigenvalue weighted by atomic mass is 79.9. The molecule has 4 nitrogen and oxygen atoms in total. The Kier molecular flexibility index (Phi) is 8.98. The van der Waals surface area contributed by atoms with Gasteiger partial charge in [-0.3, -0.25) is 9.59 Å². The third-order valence-corrected chi connectivity index (χ3v) is 7.63. The Morgan fingerprint density at radius 3 is 2.31 bits per heavy atom. The smallest absolute Gasteiger partial charge is 0.243 e. The van der Waals surface area contributed by atoms with Crippen LogP contribution in [0.25, 0.3) is 0 Å². The van der Waals surface area contributed by atoms with Crippen LogP contribution in [0.15, 0.2) is 77.3 Å². The second-order valence-corrected chi connectivity index (χ2v) is 10.9. The van der Waals surface area contributed by atoms with Crippen molar-refractivity contribution < 1.29 is 9.59 Å². The fraction of sp³-hybridized carbons (Fsp3) is 0.355. The van der Waals surface area contributed by atoms with Gasteiger partial charge in [0.15, 0.2) is 0 Å². The molecule has 3 aromatic carbocycles. The lowest BCUT2D eigenvalue weighted by atomic mass is 10.00. The molecule has 1 fully saturated rings. The number of aryl methyl sites for hydroxylation is 2. The summed E-state index contributed by atoms with van der Waals surface area (Å²) in [5.41, 5.74) is 5.37. The molecule has 5 heteroatoms. The van der Waals surface area contributed by atoms with E-state index < -0.39 is 6.04 Å². The van der Waals surface area contributed by atoms with Crippen LogP contribution in [-0.4, -0.2) is 28.8 Å². The molecular formula is C31H35BrN2O2. The van der Waals surface area contributed by atoms with Crippen LogP contribution in [0.5, 0.6) is 0 Å². The fourth-order valence-electron chi connectivity index (χ4n) is 4.94. The Hall–Kier alpha value is -2.92. The van der Waals surface area contributed by atoms with Crippen LogP contribution < -0.4 is 5.32 Å². The lowest BCUT2D eigenvalue weighted by Crippen LogP contribution is -2.52. The van der Waals surface area contributed by atoms with Crippen molar-refractivity contribution >= 4 is 27.7 Å². The van der Waals surface area contributed by atoms with Gasteiger partial charge in [0.25, 0.3) is 0 Å². The lowest BCUT2D eigenvalue weighted by Gasteiger charge is -2.32. The topological polar surface area (TPSA) is 49.4 Å². The number of carbonyl (C=O) groups excluding carboxylic acids is 2. The molecular weight excluding hydrogens is 512 g/mol. The van der Waals surface area contributed by atoms with Crippen molar-refractivity contribution in [2.45, 2.75) is 71.0 Å². The Morgan fingerprint density at radius 2 is 1.61 bits per heavy atom. The van der Waals surface area contributed by atoms with Crippen molar-refractivity contribution in [2.75, 3.05) is 0 Å². The van der Waals surface area contributed by atoms with Gasteiger partial charge in [0.2, 0.25) is 11.8 Å². The number of nitrogens with zero attached hydrogens (tertiary/aromatic N) is 1. The van der Waals surface area contributed by atoms with Gasteiger partial charge in [0.1, 0.15) is 6.04 Å². The zero-order valence-corrected chi connectivity index (χ0v) is 22.8.